The van der Waals surface area contributed by atoms with E-state index in [-0.39, 0.29) is 0 Å². The van der Waals surface area contributed by atoms with Gasteiger partial charge in [-0.1, -0.05) is 12.8 Å². The summed E-state index contributed by atoms with van der Waals surface area (Å²) in [5.41, 5.74) is 0. The number of nitrogens with zero attached hydrogens (tertiary/aromatic N) is 1. The van der Waals surface area contributed by atoms with Crippen molar-refractivity contribution in [2.45, 2.75) is 57.0 Å². The molecule has 0 spiro atoms. The number of rotatable bonds is 3. The van der Waals surface area contributed by atoms with Gasteiger partial charge in [0.05, 0.1) is 0 Å². The molecule has 0 radical (unpaired) electrons. The quantitative estimate of drug-likeness (QED) is 0.788. The molecule has 2 saturated carbocycles. The van der Waals surface area contributed by atoms with Gasteiger partial charge in [0.25, 0.3) is 0 Å². The molecule has 3 fully saturated rings. The SMILES string of the molecule is CN1CCC(NC2CCCC(C3CC3)C2)C1. The van der Waals surface area contributed by atoms with E-state index in [2.05, 4.69) is 17.3 Å². The summed E-state index contributed by atoms with van der Waals surface area (Å²) in [4.78, 5) is 2.46. The van der Waals surface area contributed by atoms with Crippen LogP contribution in [0, 0.1) is 11.8 Å². The number of hydrogen-bond donors (Lipinski definition) is 1. The van der Waals surface area contributed by atoms with Crippen LogP contribution in [-0.2, 0) is 0 Å². The molecule has 1 aliphatic heterocycles. The third kappa shape index (κ3) is 2.60. The highest BCUT2D eigenvalue weighted by molar-refractivity contribution is 4.90. The molecule has 2 aliphatic carbocycles. The van der Waals surface area contributed by atoms with Crippen molar-refractivity contribution in [1.82, 2.24) is 10.2 Å². The average Bonchev–Trinajstić information content (AvgIpc) is 3.05. The van der Waals surface area contributed by atoms with Gasteiger partial charge in [-0.15, -0.1) is 0 Å². The van der Waals surface area contributed by atoms with Crippen molar-refractivity contribution in [2.24, 2.45) is 11.8 Å². The van der Waals surface area contributed by atoms with Crippen LogP contribution in [0.25, 0.3) is 0 Å². The molecule has 0 aromatic rings. The highest BCUT2D eigenvalue weighted by Gasteiger charge is 2.35. The van der Waals surface area contributed by atoms with Gasteiger partial charge in [-0.05, 0) is 57.5 Å². The molecular formula is C14H26N2. The number of hydrogen-bond acceptors (Lipinski definition) is 2. The highest BCUT2D eigenvalue weighted by atomic mass is 15.2. The van der Waals surface area contributed by atoms with Crippen molar-refractivity contribution in [1.29, 1.82) is 0 Å². The van der Waals surface area contributed by atoms with E-state index in [4.69, 9.17) is 0 Å². The van der Waals surface area contributed by atoms with Gasteiger partial charge in [0, 0.05) is 18.6 Å². The van der Waals surface area contributed by atoms with Crippen molar-refractivity contribution in [3.63, 3.8) is 0 Å². The molecule has 0 aromatic carbocycles. The lowest BCUT2D eigenvalue weighted by molar-refractivity contribution is 0.245. The summed E-state index contributed by atoms with van der Waals surface area (Å²) >= 11 is 0. The Bertz CT molecular complexity index is 237. The van der Waals surface area contributed by atoms with E-state index in [1.165, 1.54) is 58.0 Å². The molecule has 3 aliphatic rings. The van der Waals surface area contributed by atoms with E-state index in [0.29, 0.717) is 0 Å². The second-order valence-corrected chi connectivity index (χ2v) is 6.38. The topological polar surface area (TPSA) is 15.3 Å². The zero-order valence-electron chi connectivity index (χ0n) is 10.6. The minimum Gasteiger partial charge on any atom is -0.310 e. The smallest absolute Gasteiger partial charge is 0.0209 e. The Hall–Kier alpha value is -0.0800. The van der Waals surface area contributed by atoms with Gasteiger partial charge in [-0.25, -0.2) is 0 Å². The lowest BCUT2D eigenvalue weighted by atomic mass is 9.82. The van der Waals surface area contributed by atoms with E-state index in [1.807, 2.05) is 0 Å². The summed E-state index contributed by atoms with van der Waals surface area (Å²) in [5, 5.41) is 3.92. The average molecular weight is 222 g/mol. The number of nitrogens with one attached hydrogen (secondary N) is 1. The first-order valence-electron chi connectivity index (χ1n) is 7.26. The van der Waals surface area contributed by atoms with Crippen molar-refractivity contribution < 1.29 is 0 Å². The Morgan fingerprint density at radius 3 is 2.50 bits per heavy atom. The summed E-state index contributed by atoms with van der Waals surface area (Å²) in [6, 6.07) is 1.63. The molecule has 2 heteroatoms. The van der Waals surface area contributed by atoms with Crippen LogP contribution >= 0.6 is 0 Å². The van der Waals surface area contributed by atoms with E-state index >= 15 is 0 Å². The first-order valence-corrected chi connectivity index (χ1v) is 7.26. The lowest BCUT2D eigenvalue weighted by Crippen LogP contribution is -2.42. The standard InChI is InChI=1S/C14H26N2/c1-16-8-7-14(10-16)15-13-4-2-3-12(9-13)11-5-6-11/h11-15H,2-10H2,1H3. The van der Waals surface area contributed by atoms with Crippen molar-refractivity contribution in [3.05, 3.63) is 0 Å². The maximum Gasteiger partial charge on any atom is 0.0209 e. The van der Waals surface area contributed by atoms with Crippen LogP contribution in [0.15, 0.2) is 0 Å². The minimum absolute atomic E-state index is 0.785. The van der Waals surface area contributed by atoms with Crippen LogP contribution in [-0.4, -0.2) is 37.1 Å². The van der Waals surface area contributed by atoms with Gasteiger partial charge in [0.1, 0.15) is 0 Å². The van der Waals surface area contributed by atoms with Crippen LogP contribution in [0.3, 0.4) is 0 Å². The summed E-state index contributed by atoms with van der Waals surface area (Å²) in [6.07, 6.45) is 10.3. The van der Waals surface area contributed by atoms with Crippen LogP contribution in [0.1, 0.15) is 44.9 Å². The molecule has 3 atom stereocenters. The third-order valence-corrected chi connectivity index (χ3v) is 4.87. The number of likely N-dealkylation sites (tertiary alicyclic amines) is 1. The van der Waals surface area contributed by atoms with Gasteiger partial charge >= 0.3 is 0 Å². The molecule has 92 valence electrons. The second-order valence-electron chi connectivity index (χ2n) is 6.38. The highest BCUT2D eigenvalue weighted by Crippen LogP contribution is 2.43. The molecule has 0 amide bonds. The number of likely N-dealkylation sites (N-methyl/N-ethyl adjacent to an activating group) is 1. The van der Waals surface area contributed by atoms with Gasteiger partial charge in [0.2, 0.25) is 0 Å². The molecule has 0 bridgehead atoms. The molecule has 1 saturated heterocycles. The van der Waals surface area contributed by atoms with Crippen LogP contribution in [0.5, 0.6) is 0 Å². The van der Waals surface area contributed by atoms with Gasteiger partial charge in [-0.3, -0.25) is 0 Å². The fraction of sp³-hybridized carbons (Fsp3) is 1.00. The first-order chi connectivity index (χ1) is 7.81. The van der Waals surface area contributed by atoms with Crippen LogP contribution in [0.2, 0.25) is 0 Å². The van der Waals surface area contributed by atoms with E-state index in [0.717, 1.165) is 23.9 Å². The Labute approximate surface area is 99.8 Å². The molecule has 2 nitrogen and oxygen atoms in total. The largest absolute Gasteiger partial charge is 0.310 e. The molecule has 0 aromatic heterocycles. The maximum absolute atomic E-state index is 3.92. The summed E-state index contributed by atoms with van der Waals surface area (Å²) in [5.74, 6) is 2.20. The molecule has 3 rings (SSSR count). The predicted molar refractivity (Wildman–Crippen MR) is 67.5 cm³/mol. The van der Waals surface area contributed by atoms with E-state index in [1.54, 1.807) is 0 Å². The van der Waals surface area contributed by atoms with Crippen LogP contribution < -0.4 is 5.32 Å². The Morgan fingerprint density at radius 1 is 0.938 bits per heavy atom. The third-order valence-electron chi connectivity index (χ3n) is 4.87. The van der Waals surface area contributed by atoms with E-state index in [9.17, 15) is 0 Å². The van der Waals surface area contributed by atoms with Crippen molar-refractivity contribution in [2.75, 3.05) is 20.1 Å². The van der Waals surface area contributed by atoms with Gasteiger partial charge < -0.3 is 10.2 Å². The Morgan fingerprint density at radius 2 is 1.81 bits per heavy atom. The zero-order valence-corrected chi connectivity index (χ0v) is 10.6. The summed E-state index contributed by atoms with van der Waals surface area (Å²) in [6.45, 7) is 2.56. The van der Waals surface area contributed by atoms with Crippen molar-refractivity contribution in [3.8, 4) is 0 Å². The molecule has 3 unspecified atom stereocenters. The normalized spacial score (nSPS) is 41.4. The second kappa shape index (κ2) is 4.66. The fourth-order valence-corrected chi connectivity index (χ4v) is 3.78. The lowest BCUT2D eigenvalue weighted by Gasteiger charge is -2.32. The summed E-state index contributed by atoms with van der Waals surface area (Å²) in [7, 11) is 2.25. The summed E-state index contributed by atoms with van der Waals surface area (Å²) < 4.78 is 0. The fourth-order valence-electron chi connectivity index (χ4n) is 3.78. The molecular weight excluding hydrogens is 196 g/mol. The minimum atomic E-state index is 0.785. The Balaban J connectivity index is 1.46. The van der Waals surface area contributed by atoms with Crippen LogP contribution in [0.4, 0.5) is 0 Å². The monoisotopic (exact) mass is 222 g/mol. The van der Waals surface area contributed by atoms with Gasteiger partial charge in [-0.2, -0.15) is 0 Å². The first kappa shape index (κ1) is 11.0. The van der Waals surface area contributed by atoms with Crippen molar-refractivity contribution >= 4 is 0 Å². The Kier molecular flexibility index (Phi) is 3.21. The predicted octanol–water partition coefficient (Wildman–Crippen LogP) is 2.25. The molecule has 1 N–H and O–H groups in total. The van der Waals surface area contributed by atoms with E-state index < -0.39 is 0 Å². The van der Waals surface area contributed by atoms with Gasteiger partial charge in [0.15, 0.2) is 0 Å². The molecule has 16 heavy (non-hydrogen) atoms. The maximum atomic E-state index is 3.92. The molecule has 1 heterocycles. The zero-order chi connectivity index (χ0) is 11.0.